The normalized spacial score (nSPS) is 9.86. The molecule has 0 aromatic heterocycles. The van der Waals surface area contributed by atoms with Gasteiger partial charge in [0.15, 0.2) is 0 Å². The first-order valence-electron chi connectivity index (χ1n) is 3.28. The Hall–Kier alpha value is -1.33. The van der Waals surface area contributed by atoms with Gasteiger partial charge in [-0.05, 0) is 6.07 Å². The fourth-order valence-corrected chi connectivity index (χ4v) is 1.32. The minimum absolute atomic E-state index is 0.0831. The van der Waals surface area contributed by atoms with Crippen molar-refractivity contribution >= 4 is 34.9 Å². The Balaban J connectivity index is 3.47. The number of hydrogen-bond acceptors (Lipinski definition) is 4. The highest BCUT2D eigenvalue weighted by Gasteiger charge is 2.17. The van der Waals surface area contributed by atoms with Gasteiger partial charge in [0.25, 0.3) is 5.69 Å². The van der Waals surface area contributed by atoms with Crippen LogP contribution in [-0.4, -0.2) is 10.9 Å². The van der Waals surface area contributed by atoms with Crippen LogP contribution in [0.2, 0.25) is 10.0 Å². The number of hydrogen-bond donors (Lipinski definition) is 0. The quantitative estimate of drug-likeness (QED) is 0.570. The van der Waals surface area contributed by atoms with E-state index in [1.807, 2.05) is 0 Å². The number of halogens is 2. The first-order valence-corrected chi connectivity index (χ1v) is 4.04. The highest BCUT2D eigenvalue weighted by Crippen LogP contribution is 2.31. The third-order valence-corrected chi connectivity index (χ3v) is 2.05. The van der Waals surface area contributed by atoms with E-state index < -0.39 is 27.2 Å². The molecule has 14 heavy (non-hydrogen) atoms. The summed E-state index contributed by atoms with van der Waals surface area (Å²) in [4.78, 5) is 20.1. The molecule has 0 fully saturated rings. The average molecular weight is 235 g/mol. The summed E-state index contributed by atoms with van der Waals surface area (Å²) in [6, 6.07) is 1.96. The largest absolute Gasteiger partial charge is 0.545 e. The van der Waals surface area contributed by atoms with E-state index in [4.69, 9.17) is 23.2 Å². The van der Waals surface area contributed by atoms with Crippen molar-refractivity contribution in [1.82, 2.24) is 0 Å². The van der Waals surface area contributed by atoms with Crippen molar-refractivity contribution in [3.8, 4) is 0 Å². The Kier molecular flexibility index (Phi) is 2.93. The average Bonchev–Trinajstić information content (AvgIpc) is 2.07. The number of benzene rings is 1. The summed E-state index contributed by atoms with van der Waals surface area (Å²) in [6.45, 7) is 0. The second-order valence-corrected chi connectivity index (χ2v) is 3.15. The molecule has 0 amide bonds. The zero-order valence-electron chi connectivity index (χ0n) is 6.49. The molecule has 1 aromatic carbocycles. The molecule has 0 heterocycles. The van der Waals surface area contributed by atoms with Gasteiger partial charge in [-0.1, -0.05) is 23.2 Å². The molecule has 0 N–H and O–H groups in total. The molecule has 0 aliphatic rings. The van der Waals surface area contributed by atoms with E-state index in [-0.39, 0.29) is 5.02 Å². The van der Waals surface area contributed by atoms with Gasteiger partial charge in [0.1, 0.15) is 5.02 Å². The SMILES string of the molecule is O=C([O-])c1cc(Cl)cc([N+](=O)[O-])c1Cl. The summed E-state index contributed by atoms with van der Waals surface area (Å²) in [7, 11) is 0. The van der Waals surface area contributed by atoms with Gasteiger partial charge in [0.05, 0.1) is 10.9 Å². The summed E-state index contributed by atoms with van der Waals surface area (Å²) >= 11 is 10.9. The number of carboxylic acids is 1. The van der Waals surface area contributed by atoms with Crippen LogP contribution in [0.3, 0.4) is 0 Å². The van der Waals surface area contributed by atoms with Gasteiger partial charge in [-0.2, -0.15) is 0 Å². The maximum atomic E-state index is 10.5. The van der Waals surface area contributed by atoms with Crippen molar-refractivity contribution in [2.45, 2.75) is 0 Å². The van der Waals surface area contributed by atoms with E-state index in [0.29, 0.717) is 0 Å². The fourth-order valence-electron chi connectivity index (χ4n) is 0.856. The van der Waals surface area contributed by atoms with Crippen LogP contribution in [0.15, 0.2) is 12.1 Å². The molecule has 0 atom stereocenters. The van der Waals surface area contributed by atoms with E-state index in [1.165, 1.54) is 0 Å². The van der Waals surface area contributed by atoms with Gasteiger partial charge in [-0.25, -0.2) is 0 Å². The number of nitro benzene ring substituents is 1. The van der Waals surface area contributed by atoms with Crippen molar-refractivity contribution in [3.63, 3.8) is 0 Å². The number of carboxylic acid groups (broad SMARTS) is 1. The van der Waals surface area contributed by atoms with Crippen LogP contribution in [-0.2, 0) is 0 Å². The number of carbonyl (C=O) groups excluding carboxylic acids is 1. The van der Waals surface area contributed by atoms with Crippen LogP contribution in [0, 0.1) is 10.1 Å². The molecule has 0 spiro atoms. The smallest absolute Gasteiger partial charge is 0.290 e. The fraction of sp³-hybridized carbons (Fsp3) is 0. The van der Waals surface area contributed by atoms with Gasteiger partial charge in [-0.3, -0.25) is 10.1 Å². The van der Waals surface area contributed by atoms with Crippen molar-refractivity contribution in [3.05, 3.63) is 37.9 Å². The number of carbonyl (C=O) groups is 1. The monoisotopic (exact) mass is 234 g/mol. The predicted molar refractivity (Wildman–Crippen MR) is 47.4 cm³/mol. The minimum atomic E-state index is -1.61. The third kappa shape index (κ3) is 1.94. The molecule has 5 nitrogen and oxygen atoms in total. The zero-order chi connectivity index (χ0) is 10.9. The lowest BCUT2D eigenvalue weighted by atomic mass is 10.2. The van der Waals surface area contributed by atoms with Gasteiger partial charge in [0.2, 0.25) is 0 Å². The summed E-state index contributed by atoms with van der Waals surface area (Å²) in [5, 5.41) is 20.3. The van der Waals surface area contributed by atoms with Crippen LogP contribution in [0.5, 0.6) is 0 Å². The first-order chi connectivity index (χ1) is 6.43. The van der Waals surface area contributed by atoms with Gasteiger partial charge in [-0.15, -0.1) is 0 Å². The molecule has 1 aromatic rings. The summed E-state index contributed by atoms with van der Waals surface area (Å²) < 4.78 is 0. The van der Waals surface area contributed by atoms with Crippen LogP contribution in [0.25, 0.3) is 0 Å². The number of nitro groups is 1. The maximum absolute atomic E-state index is 10.5. The van der Waals surface area contributed by atoms with Crippen molar-refractivity contribution in [1.29, 1.82) is 0 Å². The Morgan fingerprint density at radius 3 is 2.36 bits per heavy atom. The van der Waals surface area contributed by atoms with Crippen LogP contribution >= 0.6 is 23.2 Å². The lowest BCUT2D eigenvalue weighted by molar-refractivity contribution is -0.384. The van der Waals surface area contributed by atoms with Crippen molar-refractivity contribution in [2.75, 3.05) is 0 Å². The molecule has 0 bridgehead atoms. The Labute approximate surface area is 88.0 Å². The Bertz CT molecular complexity index is 383. The molecule has 1 rings (SSSR count). The molecule has 0 aliphatic carbocycles. The first kappa shape index (κ1) is 10.7. The van der Waals surface area contributed by atoms with Gasteiger partial charge < -0.3 is 9.90 Å². The highest BCUT2D eigenvalue weighted by molar-refractivity contribution is 6.37. The van der Waals surface area contributed by atoms with Crippen molar-refractivity contribution < 1.29 is 14.8 Å². The minimum Gasteiger partial charge on any atom is -0.545 e. The molecule has 0 saturated heterocycles. The van der Waals surface area contributed by atoms with Gasteiger partial charge in [0, 0.05) is 16.7 Å². The zero-order valence-corrected chi connectivity index (χ0v) is 8.00. The predicted octanol–water partition coefficient (Wildman–Crippen LogP) is 1.27. The van der Waals surface area contributed by atoms with Crippen LogP contribution in [0.1, 0.15) is 10.4 Å². The van der Waals surface area contributed by atoms with Gasteiger partial charge >= 0.3 is 0 Å². The molecule has 0 saturated carbocycles. The molecule has 0 radical (unpaired) electrons. The Morgan fingerprint density at radius 2 is 1.93 bits per heavy atom. The summed E-state index contributed by atoms with van der Waals surface area (Å²) in [5.41, 5.74) is -1.05. The second-order valence-electron chi connectivity index (χ2n) is 2.33. The molecular weight excluding hydrogens is 233 g/mol. The lowest BCUT2D eigenvalue weighted by Gasteiger charge is -2.05. The molecule has 0 unspecified atom stereocenters. The standard InChI is InChI=1S/C7H3Cl2NO4/c8-3-1-4(7(11)12)6(9)5(2-3)10(13)14/h1-2H,(H,11,12)/p-1. The van der Waals surface area contributed by atoms with Crippen molar-refractivity contribution in [2.24, 2.45) is 0 Å². The lowest BCUT2D eigenvalue weighted by Crippen LogP contribution is -2.22. The van der Waals surface area contributed by atoms with E-state index in [9.17, 15) is 20.0 Å². The third-order valence-electron chi connectivity index (χ3n) is 1.43. The summed E-state index contributed by atoms with van der Waals surface area (Å²) in [6.07, 6.45) is 0. The molecule has 74 valence electrons. The van der Waals surface area contributed by atoms with E-state index in [0.717, 1.165) is 12.1 Å². The maximum Gasteiger partial charge on any atom is 0.290 e. The number of nitrogens with zero attached hydrogens (tertiary/aromatic N) is 1. The molecule has 0 aliphatic heterocycles. The molecular formula is C7H2Cl2NO4-. The van der Waals surface area contributed by atoms with Crippen LogP contribution in [0.4, 0.5) is 5.69 Å². The van der Waals surface area contributed by atoms with E-state index in [2.05, 4.69) is 0 Å². The molecule has 7 heteroatoms. The topological polar surface area (TPSA) is 83.3 Å². The second kappa shape index (κ2) is 3.81. The Morgan fingerprint density at radius 1 is 1.36 bits per heavy atom. The number of rotatable bonds is 2. The highest BCUT2D eigenvalue weighted by atomic mass is 35.5. The summed E-state index contributed by atoms with van der Waals surface area (Å²) in [5.74, 6) is -1.61. The van der Waals surface area contributed by atoms with Crippen LogP contribution < -0.4 is 5.11 Å². The van der Waals surface area contributed by atoms with E-state index >= 15 is 0 Å². The van der Waals surface area contributed by atoms with E-state index in [1.54, 1.807) is 0 Å². The number of aromatic carboxylic acids is 1.